The van der Waals surface area contributed by atoms with Gasteiger partial charge in [-0.1, -0.05) is 6.92 Å². The van der Waals surface area contributed by atoms with Crippen LogP contribution in [0.2, 0.25) is 0 Å². The molecule has 0 N–H and O–H groups in total. The van der Waals surface area contributed by atoms with Crippen LogP contribution in [-0.2, 0) is 4.74 Å². The molecule has 2 aliphatic rings. The number of rotatable bonds is 3. The van der Waals surface area contributed by atoms with Crippen molar-refractivity contribution in [1.82, 2.24) is 4.90 Å². The van der Waals surface area contributed by atoms with Crippen LogP contribution in [0.4, 0.5) is 0 Å². The summed E-state index contributed by atoms with van der Waals surface area (Å²) < 4.78 is 5.40. The van der Waals surface area contributed by atoms with Gasteiger partial charge in [0.2, 0.25) is 0 Å². The van der Waals surface area contributed by atoms with Crippen molar-refractivity contribution in [2.75, 3.05) is 33.4 Å². The summed E-state index contributed by atoms with van der Waals surface area (Å²) in [4.78, 5) is 2.37. The zero-order valence-corrected chi connectivity index (χ0v) is 9.70. The highest BCUT2D eigenvalue weighted by atomic mass is 16.5. The molecule has 0 aromatic heterocycles. The van der Waals surface area contributed by atoms with Gasteiger partial charge in [-0.2, -0.15) is 5.26 Å². The van der Waals surface area contributed by atoms with Gasteiger partial charge in [0, 0.05) is 12.0 Å². The van der Waals surface area contributed by atoms with E-state index in [1.807, 2.05) is 0 Å². The van der Waals surface area contributed by atoms with Crippen LogP contribution in [0.25, 0.3) is 0 Å². The molecule has 0 saturated carbocycles. The average molecular weight is 208 g/mol. The van der Waals surface area contributed by atoms with Crippen LogP contribution in [-0.4, -0.2) is 38.3 Å². The first-order chi connectivity index (χ1) is 7.23. The molecule has 2 rings (SSSR count). The van der Waals surface area contributed by atoms with Crippen molar-refractivity contribution in [1.29, 1.82) is 5.26 Å². The number of hydrogen-bond acceptors (Lipinski definition) is 3. The molecule has 0 aromatic carbocycles. The van der Waals surface area contributed by atoms with Crippen LogP contribution in [0, 0.1) is 28.6 Å². The predicted molar refractivity (Wildman–Crippen MR) is 58.3 cm³/mol. The maximum Gasteiger partial charge on any atom is 0.0663 e. The van der Waals surface area contributed by atoms with Crippen molar-refractivity contribution < 1.29 is 4.74 Å². The normalized spacial score (nSPS) is 31.9. The average Bonchev–Trinajstić information content (AvgIpc) is 2.58. The molecule has 3 heteroatoms. The van der Waals surface area contributed by atoms with Crippen LogP contribution in [0.15, 0.2) is 0 Å². The first-order valence-corrected chi connectivity index (χ1v) is 5.89. The zero-order chi connectivity index (χ0) is 10.9. The van der Waals surface area contributed by atoms with E-state index in [4.69, 9.17) is 4.74 Å². The van der Waals surface area contributed by atoms with Crippen LogP contribution in [0.5, 0.6) is 0 Å². The molecule has 0 aliphatic carbocycles. The van der Waals surface area contributed by atoms with E-state index in [0.717, 1.165) is 26.2 Å². The van der Waals surface area contributed by atoms with Gasteiger partial charge in [0.05, 0.1) is 25.2 Å². The first-order valence-electron chi connectivity index (χ1n) is 5.89. The lowest BCUT2D eigenvalue weighted by Gasteiger charge is -2.48. The maximum atomic E-state index is 9.23. The number of hydrogen-bond donors (Lipinski definition) is 0. The van der Waals surface area contributed by atoms with Gasteiger partial charge in [-0.15, -0.1) is 0 Å². The molecule has 0 amide bonds. The lowest BCUT2D eigenvalue weighted by atomic mass is 9.64. The molecule has 2 atom stereocenters. The van der Waals surface area contributed by atoms with Gasteiger partial charge in [-0.05, 0) is 32.4 Å². The molecule has 0 aromatic rings. The third kappa shape index (κ3) is 1.66. The number of nitriles is 1. The van der Waals surface area contributed by atoms with Gasteiger partial charge in [-0.25, -0.2) is 0 Å². The minimum absolute atomic E-state index is 0.175. The topological polar surface area (TPSA) is 36.3 Å². The number of likely N-dealkylation sites (tertiary alicyclic amines) is 1. The van der Waals surface area contributed by atoms with Crippen LogP contribution in [0.1, 0.15) is 19.8 Å². The molecule has 3 nitrogen and oxygen atoms in total. The van der Waals surface area contributed by atoms with Crippen molar-refractivity contribution in [2.24, 2.45) is 17.3 Å². The van der Waals surface area contributed by atoms with Gasteiger partial charge < -0.3 is 9.64 Å². The SMILES string of the molecule is CCC(C#N)C1(C2CCN(C)C2)COC1. The molecule has 2 saturated heterocycles. The summed E-state index contributed by atoms with van der Waals surface area (Å²) in [6.45, 7) is 6.04. The molecule has 0 radical (unpaired) electrons. The Morgan fingerprint density at radius 2 is 2.33 bits per heavy atom. The molecular weight excluding hydrogens is 188 g/mol. The molecule has 2 heterocycles. The highest BCUT2D eigenvalue weighted by Crippen LogP contribution is 2.47. The Labute approximate surface area is 92.0 Å². The second-order valence-corrected chi connectivity index (χ2v) is 5.06. The van der Waals surface area contributed by atoms with Gasteiger partial charge in [0.15, 0.2) is 0 Å². The first kappa shape index (κ1) is 10.9. The van der Waals surface area contributed by atoms with E-state index in [2.05, 4.69) is 24.9 Å². The molecule has 2 unspecified atom stereocenters. The van der Waals surface area contributed by atoms with Crippen LogP contribution < -0.4 is 0 Å². The van der Waals surface area contributed by atoms with Gasteiger partial charge >= 0.3 is 0 Å². The van der Waals surface area contributed by atoms with Crippen molar-refractivity contribution in [2.45, 2.75) is 19.8 Å². The highest BCUT2D eigenvalue weighted by molar-refractivity contribution is 5.06. The Kier molecular flexibility index (Phi) is 2.99. The fourth-order valence-corrected chi connectivity index (χ4v) is 3.09. The maximum absolute atomic E-state index is 9.23. The van der Waals surface area contributed by atoms with Crippen molar-refractivity contribution >= 4 is 0 Å². The van der Waals surface area contributed by atoms with E-state index in [-0.39, 0.29) is 11.3 Å². The second-order valence-electron chi connectivity index (χ2n) is 5.06. The summed E-state index contributed by atoms with van der Waals surface area (Å²) in [7, 11) is 2.17. The van der Waals surface area contributed by atoms with E-state index in [0.29, 0.717) is 5.92 Å². The minimum Gasteiger partial charge on any atom is -0.380 e. The second kappa shape index (κ2) is 4.11. The number of nitrogens with zero attached hydrogens (tertiary/aromatic N) is 2. The lowest BCUT2D eigenvalue weighted by molar-refractivity contribution is -0.165. The smallest absolute Gasteiger partial charge is 0.0663 e. The highest BCUT2D eigenvalue weighted by Gasteiger charge is 2.52. The fraction of sp³-hybridized carbons (Fsp3) is 0.917. The Hall–Kier alpha value is -0.590. The van der Waals surface area contributed by atoms with E-state index >= 15 is 0 Å². The van der Waals surface area contributed by atoms with Gasteiger partial charge in [0.25, 0.3) is 0 Å². The lowest BCUT2D eigenvalue weighted by Crippen LogP contribution is -2.53. The molecule has 0 spiro atoms. The van der Waals surface area contributed by atoms with Crippen LogP contribution in [0.3, 0.4) is 0 Å². The zero-order valence-electron chi connectivity index (χ0n) is 9.70. The van der Waals surface area contributed by atoms with Crippen molar-refractivity contribution in [3.05, 3.63) is 0 Å². The van der Waals surface area contributed by atoms with Crippen LogP contribution >= 0.6 is 0 Å². The largest absolute Gasteiger partial charge is 0.380 e. The van der Waals surface area contributed by atoms with Crippen molar-refractivity contribution in [3.63, 3.8) is 0 Å². The van der Waals surface area contributed by atoms with E-state index < -0.39 is 0 Å². The summed E-state index contributed by atoms with van der Waals surface area (Å²) in [5, 5.41) is 9.23. The standard InChI is InChI=1S/C12H20N2O/c1-3-10(6-13)12(8-15-9-12)11-4-5-14(2)7-11/h10-11H,3-5,7-9H2,1-2H3. The number of ether oxygens (including phenoxy) is 1. The van der Waals surface area contributed by atoms with Gasteiger partial charge in [0.1, 0.15) is 0 Å². The summed E-state index contributed by atoms with van der Waals surface area (Å²) in [5.41, 5.74) is 0.175. The monoisotopic (exact) mass is 208 g/mol. The third-order valence-corrected chi connectivity index (χ3v) is 4.20. The molecule has 2 aliphatic heterocycles. The predicted octanol–water partition coefficient (Wildman–Crippen LogP) is 1.50. The molecule has 15 heavy (non-hydrogen) atoms. The van der Waals surface area contributed by atoms with Gasteiger partial charge in [-0.3, -0.25) is 0 Å². The summed E-state index contributed by atoms with van der Waals surface area (Å²) in [6, 6.07) is 2.49. The quantitative estimate of drug-likeness (QED) is 0.705. The summed E-state index contributed by atoms with van der Waals surface area (Å²) >= 11 is 0. The molecule has 84 valence electrons. The Morgan fingerprint density at radius 1 is 1.60 bits per heavy atom. The van der Waals surface area contributed by atoms with E-state index in [1.165, 1.54) is 13.0 Å². The Balaban J connectivity index is 2.11. The van der Waals surface area contributed by atoms with E-state index in [9.17, 15) is 5.26 Å². The Bertz CT molecular complexity index is 267. The van der Waals surface area contributed by atoms with Crippen molar-refractivity contribution in [3.8, 4) is 6.07 Å². The fourth-order valence-electron chi connectivity index (χ4n) is 3.09. The molecule has 2 fully saturated rings. The molecular formula is C12H20N2O. The minimum atomic E-state index is 0.175. The summed E-state index contributed by atoms with van der Waals surface area (Å²) in [6.07, 6.45) is 2.19. The Morgan fingerprint density at radius 3 is 2.67 bits per heavy atom. The third-order valence-electron chi connectivity index (χ3n) is 4.20. The molecule has 0 bridgehead atoms. The van der Waals surface area contributed by atoms with E-state index in [1.54, 1.807) is 0 Å². The summed E-state index contributed by atoms with van der Waals surface area (Å²) in [5.74, 6) is 0.851.